The van der Waals surface area contributed by atoms with E-state index >= 15 is 0 Å². The van der Waals surface area contributed by atoms with E-state index in [9.17, 15) is 18.0 Å². The van der Waals surface area contributed by atoms with E-state index in [1.807, 2.05) is 39.8 Å². The van der Waals surface area contributed by atoms with Crippen molar-refractivity contribution in [3.63, 3.8) is 0 Å². The van der Waals surface area contributed by atoms with Gasteiger partial charge in [-0.3, -0.25) is 9.10 Å². The van der Waals surface area contributed by atoms with Crippen LogP contribution in [0.4, 0.5) is 5.69 Å². The van der Waals surface area contributed by atoms with Crippen LogP contribution in [0.2, 0.25) is 0 Å². The molecular formula is C22H25NO5S. The number of Topliss-reactive ketones (excluding diaryl/α,β-unsaturated/α-hetero) is 1. The van der Waals surface area contributed by atoms with E-state index < -0.39 is 16.0 Å². The third-order valence-electron chi connectivity index (χ3n) is 5.12. The van der Waals surface area contributed by atoms with Crippen molar-refractivity contribution in [2.45, 2.75) is 40.2 Å². The molecule has 1 aliphatic heterocycles. The lowest BCUT2D eigenvalue weighted by Crippen LogP contribution is -2.34. The summed E-state index contributed by atoms with van der Waals surface area (Å²) in [6.45, 7) is 7.18. The number of esters is 1. The summed E-state index contributed by atoms with van der Waals surface area (Å²) in [5, 5.41) is 0. The highest BCUT2D eigenvalue weighted by Crippen LogP contribution is 2.34. The molecule has 0 unspecified atom stereocenters. The van der Waals surface area contributed by atoms with Crippen LogP contribution in [-0.4, -0.2) is 39.1 Å². The predicted molar refractivity (Wildman–Crippen MR) is 112 cm³/mol. The highest BCUT2D eigenvalue weighted by molar-refractivity contribution is 7.92. The van der Waals surface area contributed by atoms with Gasteiger partial charge in [-0.25, -0.2) is 13.2 Å². The van der Waals surface area contributed by atoms with Crippen molar-refractivity contribution in [1.29, 1.82) is 0 Å². The first-order valence-electron chi connectivity index (χ1n) is 9.39. The molecular weight excluding hydrogens is 390 g/mol. The summed E-state index contributed by atoms with van der Waals surface area (Å²) in [6, 6.07) is 8.44. The molecule has 0 aliphatic carbocycles. The monoisotopic (exact) mass is 415 g/mol. The molecule has 1 atom stereocenters. The van der Waals surface area contributed by atoms with Crippen molar-refractivity contribution in [1.82, 2.24) is 0 Å². The number of ether oxygens (including phenoxy) is 1. The maximum absolute atomic E-state index is 12.6. The average molecular weight is 416 g/mol. The van der Waals surface area contributed by atoms with E-state index in [0.29, 0.717) is 23.2 Å². The Hall–Kier alpha value is -2.67. The van der Waals surface area contributed by atoms with E-state index in [2.05, 4.69) is 0 Å². The Balaban J connectivity index is 1.75. The highest BCUT2D eigenvalue weighted by Gasteiger charge is 2.33. The van der Waals surface area contributed by atoms with Gasteiger partial charge >= 0.3 is 5.97 Å². The van der Waals surface area contributed by atoms with Crippen LogP contribution >= 0.6 is 0 Å². The van der Waals surface area contributed by atoms with Crippen molar-refractivity contribution < 1.29 is 22.7 Å². The maximum Gasteiger partial charge on any atom is 0.338 e. The number of benzene rings is 2. The number of hydrogen-bond donors (Lipinski definition) is 0. The average Bonchev–Trinajstić information content (AvgIpc) is 2.93. The first-order valence-corrected chi connectivity index (χ1v) is 11.2. The Kier molecular flexibility index (Phi) is 5.54. The van der Waals surface area contributed by atoms with E-state index in [1.165, 1.54) is 16.6 Å². The molecule has 0 bridgehead atoms. The molecule has 0 saturated carbocycles. The van der Waals surface area contributed by atoms with E-state index in [1.54, 1.807) is 12.1 Å². The topological polar surface area (TPSA) is 80.8 Å². The van der Waals surface area contributed by atoms with Crippen molar-refractivity contribution >= 4 is 27.5 Å². The van der Waals surface area contributed by atoms with Gasteiger partial charge < -0.3 is 4.74 Å². The second kappa shape index (κ2) is 7.63. The first kappa shape index (κ1) is 21.0. The lowest BCUT2D eigenvalue weighted by atomic mass is 9.97. The molecule has 29 heavy (non-hydrogen) atoms. The standard InChI is InChI=1S/C22H25NO5S/c1-13-8-14(2)21(15(3)9-13)20(24)12-28-22(25)17-6-7-19-18(11-17)10-16(4)23(19)29(5,26)27/h6-9,11,16H,10,12H2,1-5H3/t16-/m1/s1. The van der Waals surface area contributed by atoms with Gasteiger partial charge in [0.15, 0.2) is 6.61 Å². The van der Waals surface area contributed by atoms with Crippen LogP contribution in [0, 0.1) is 20.8 Å². The molecule has 0 fully saturated rings. The summed E-state index contributed by atoms with van der Waals surface area (Å²) < 4.78 is 30.6. The number of anilines is 1. The molecule has 7 heteroatoms. The van der Waals surface area contributed by atoms with Gasteiger partial charge in [0.05, 0.1) is 17.5 Å². The number of sulfonamides is 1. The Morgan fingerprint density at radius 2 is 1.72 bits per heavy atom. The summed E-state index contributed by atoms with van der Waals surface area (Å²) in [7, 11) is -3.39. The van der Waals surface area contributed by atoms with Crippen molar-refractivity contribution in [2.75, 3.05) is 17.2 Å². The van der Waals surface area contributed by atoms with Crippen LogP contribution in [-0.2, 0) is 21.2 Å². The summed E-state index contributed by atoms with van der Waals surface area (Å²) >= 11 is 0. The SMILES string of the molecule is Cc1cc(C)c(C(=O)COC(=O)c2ccc3c(c2)C[C@@H](C)N3S(C)(=O)=O)c(C)c1. The third kappa shape index (κ3) is 4.19. The zero-order valence-corrected chi connectivity index (χ0v) is 18.1. The molecule has 0 N–H and O–H groups in total. The maximum atomic E-state index is 12.6. The number of hydrogen-bond acceptors (Lipinski definition) is 5. The highest BCUT2D eigenvalue weighted by atomic mass is 32.2. The van der Waals surface area contributed by atoms with Crippen molar-refractivity contribution in [3.8, 4) is 0 Å². The number of nitrogens with zero attached hydrogens (tertiary/aromatic N) is 1. The molecule has 0 radical (unpaired) electrons. The Labute approximate surface area is 171 Å². The zero-order chi connectivity index (χ0) is 21.5. The summed E-state index contributed by atoms with van der Waals surface area (Å²) in [5.41, 5.74) is 5.02. The Morgan fingerprint density at radius 1 is 1.10 bits per heavy atom. The summed E-state index contributed by atoms with van der Waals surface area (Å²) in [5.74, 6) is -0.847. The number of carbonyl (C=O) groups is 2. The van der Waals surface area contributed by atoms with Gasteiger partial charge in [0.25, 0.3) is 0 Å². The molecule has 0 amide bonds. The number of fused-ring (bicyclic) bond motifs is 1. The largest absolute Gasteiger partial charge is 0.454 e. The van der Waals surface area contributed by atoms with Crippen LogP contribution in [0.15, 0.2) is 30.3 Å². The molecule has 2 aromatic carbocycles. The fraction of sp³-hybridized carbons (Fsp3) is 0.364. The van der Waals surface area contributed by atoms with Crippen LogP contribution in [0.25, 0.3) is 0 Å². The molecule has 1 heterocycles. The predicted octanol–water partition coefficient (Wildman–Crippen LogP) is 3.36. The number of carbonyl (C=O) groups excluding carboxylic acids is 2. The minimum atomic E-state index is -3.39. The Bertz CT molecular complexity index is 1080. The third-order valence-corrected chi connectivity index (χ3v) is 6.39. The smallest absolute Gasteiger partial charge is 0.338 e. The van der Waals surface area contributed by atoms with Gasteiger partial charge in [-0.15, -0.1) is 0 Å². The molecule has 0 aromatic heterocycles. The first-order chi connectivity index (χ1) is 13.5. The van der Waals surface area contributed by atoms with Gasteiger partial charge in [-0.1, -0.05) is 17.7 Å². The van der Waals surface area contributed by atoms with Gasteiger partial charge in [-0.05, 0) is 69.0 Å². The molecule has 0 spiro atoms. The molecule has 154 valence electrons. The van der Waals surface area contributed by atoms with E-state index in [0.717, 1.165) is 22.3 Å². The van der Waals surface area contributed by atoms with Crippen molar-refractivity contribution in [2.24, 2.45) is 0 Å². The number of ketones is 1. The summed E-state index contributed by atoms with van der Waals surface area (Å²) in [4.78, 5) is 25.0. The van der Waals surface area contributed by atoms with E-state index in [4.69, 9.17) is 4.74 Å². The van der Waals surface area contributed by atoms with Gasteiger partial charge in [-0.2, -0.15) is 0 Å². The fourth-order valence-corrected chi connectivity index (χ4v) is 5.41. The minimum absolute atomic E-state index is 0.208. The van der Waals surface area contributed by atoms with Gasteiger partial charge in [0.1, 0.15) is 0 Å². The van der Waals surface area contributed by atoms with Gasteiger partial charge in [0.2, 0.25) is 15.8 Å². The van der Waals surface area contributed by atoms with Crippen LogP contribution < -0.4 is 4.31 Å². The molecule has 1 aliphatic rings. The van der Waals surface area contributed by atoms with E-state index in [-0.39, 0.29) is 18.4 Å². The lowest BCUT2D eigenvalue weighted by molar-refractivity contribution is 0.0474. The summed E-state index contributed by atoms with van der Waals surface area (Å²) in [6.07, 6.45) is 1.69. The molecule has 2 aromatic rings. The Morgan fingerprint density at radius 3 is 2.31 bits per heavy atom. The van der Waals surface area contributed by atoms with Crippen LogP contribution in [0.5, 0.6) is 0 Å². The zero-order valence-electron chi connectivity index (χ0n) is 17.3. The lowest BCUT2D eigenvalue weighted by Gasteiger charge is -2.21. The van der Waals surface area contributed by atoms with Crippen LogP contribution in [0.3, 0.4) is 0 Å². The number of rotatable bonds is 5. The normalized spacial score (nSPS) is 15.9. The van der Waals surface area contributed by atoms with Gasteiger partial charge in [0, 0.05) is 11.6 Å². The minimum Gasteiger partial charge on any atom is -0.454 e. The molecule has 0 saturated heterocycles. The fourth-order valence-electron chi connectivity index (χ4n) is 4.14. The molecule has 6 nitrogen and oxygen atoms in total. The number of aryl methyl sites for hydroxylation is 3. The van der Waals surface area contributed by atoms with Crippen LogP contribution in [0.1, 0.15) is 49.9 Å². The molecule has 3 rings (SSSR count). The second-order valence-corrected chi connectivity index (χ2v) is 9.59. The van der Waals surface area contributed by atoms with Crippen molar-refractivity contribution in [3.05, 3.63) is 63.7 Å². The second-order valence-electron chi connectivity index (χ2n) is 7.73. The quantitative estimate of drug-likeness (QED) is 0.553.